The Bertz CT molecular complexity index is 335. The molecule has 7 heteroatoms. The maximum Gasteiger partial charge on any atom is 0.229 e. The normalized spacial score (nSPS) is 15.8. The van der Waals surface area contributed by atoms with Crippen molar-refractivity contribution in [3.63, 3.8) is 0 Å². The highest BCUT2D eigenvalue weighted by molar-refractivity contribution is 8.00. The molecule has 1 rings (SSSR count). The van der Waals surface area contributed by atoms with Gasteiger partial charge >= 0.3 is 0 Å². The van der Waals surface area contributed by atoms with E-state index in [1.165, 1.54) is 36.4 Å². The lowest BCUT2D eigenvalue weighted by Gasteiger charge is -2.25. The third-order valence-corrected chi connectivity index (χ3v) is 5.13. The van der Waals surface area contributed by atoms with Crippen LogP contribution >= 0.6 is 23.5 Å². The fraction of sp³-hybridized carbons (Fsp3) is 0.867. The van der Waals surface area contributed by atoms with Gasteiger partial charge in [-0.25, -0.2) is 0 Å². The number of hydrogen-bond acceptors (Lipinski definition) is 5. The second-order valence-electron chi connectivity index (χ2n) is 5.68. The maximum absolute atomic E-state index is 11.7. The number of carbonyl (C=O) groups is 2. The Morgan fingerprint density at radius 3 is 2.64 bits per heavy atom. The van der Waals surface area contributed by atoms with E-state index in [2.05, 4.69) is 15.5 Å². The van der Waals surface area contributed by atoms with Crippen LogP contribution in [-0.4, -0.2) is 71.9 Å². The van der Waals surface area contributed by atoms with Crippen molar-refractivity contribution in [2.45, 2.75) is 32.7 Å². The first-order valence-corrected chi connectivity index (χ1v) is 10.3. The number of thioether (sulfide) groups is 2. The molecule has 0 unspecified atom stereocenters. The topological polar surface area (TPSA) is 61.4 Å². The van der Waals surface area contributed by atoms with Crippen molar-refractivity contribution >= 4 is 35.3 Å². The van der Waals surface area contributed by atoms with Crippen LogP contribution in [0.1, 0.15) is 26.7 Å². The Labute approximate surface area is 142 Å². The van der Waals surface area contributed by atoms with E-state index < -0.39 is 0 Å². The van der Waals surface area contributed by atoms with E-state index in [4.69, 9.17) is 0 Å². The number of hydrogen-bond donors (Lipinski definition) is 2. The van der Waals surface area contributed by atoms with Crippen molar-refractivity contribution in [3.8, 4) is 0 Å². The highest BCUT2D eigenvalue weighted by atomic mass is 32.2. The van der Waals surface area contributed by atoms with Crippen molar-refractivity contribution in [2.24, 2.45) is 0 Å². The molecule has 1 aliphatic heterocycles. The summed E-state index contributed by atoms with van der Waals surface area (Å²) >= 11 is 3.53. The molecule has 0 radical (unpaired) electrons. The van der Waals surface area contributed by atoms with Gasteiger partial charge in [0.15, 0.2) is 0 Å². The average Bonchev–Trinajstić information content (AvgIpc) is 2.48. The molecule has 0 spiro atoms. The van der Waals surface area contributed by atoms with Gasteiger partial charge in [0.05, 0.1) is 5.75 Å². The highest BCUT2D eigenvalue weighted by Gasteiger charge is 2.09. The van der Waals surface area contributed by atoms with Crippen molar-refractivity contribution in [3.05, 3.63) is 0 Å². The highest BCUT2D eigenvalue weighted by Crippen LogP contribution is 2.08. The molecule has 0 aromatic heterocycles. The Kier molecular flexibility index (Phi) is 10.8. The van der Waals surface area contributed by atoms with E-state index in [0.29, 0.717) is 17.9 Å². The summed E-state index contributed by atoms with van der Waals surface area (Å²) in [5.41, 5.74) is 0. The molecule has 1 aliphatic rings. The molecule has 0 aromatic rings. The molecule has 0 aromatic carbocycles. The molecule has 1 heterocycles. The first-order chi connectivity index (χ1) is 10.6. The molecular formula is C15H29N3O2S2. The van der Waals surface area contributed by atoms with Gasteiger partial charge in [-0.1, -0.05) is 0 Å². The molecule has 128 valence electrons. The van der Waals surface area contributed by atoms with Gasteiger partial charge in [-0.05, 0) is 26.8 Å². The summed E-state index contributed by atoms with van der Waals surface area (Å²) in [5, 5.41) is 5.80. The maximum atomic E-state index is 11.7. The number of nitrogens with zero attached hydrogens (tertiary/aromatic N) is 1. The standard InChI is InChI=1S/C15H29N3O2S2/c1-13(2)17-14(19)4-9-22-12-15(20)16-5-3-6-18-7-10-21-11-8-18/h13H,3-12H2,1-2H3,(H,16,20)(H,17,19). The SMILES string of the molecule is CC(C)NC(=O)CCSCC(=O)NCCCN1CCSCC1. The Hall–Kier alpha value is -0.400. The van der Waals surface area contributed by atoms with Crippen LogP contribution in [0.25, 0.3) is 0 Å². The number of nitrogens with one attached hydrogen (secondary N) is 2. The number of rotatable bonds is 10. The van der Waals surface area contributed by atoms with Crippen molar-refractivity contribution < 1.29 is 9.59 Å². The molecular weight excluding hydrogens is 318 g/mol. The van der Waals surface area contributed by atoms with Crippen LogP contribution in [0.15, 0.2) is 0 Å². The zero-order valence-electron chi connectivity index (χ0n) is 13.7. The monoisotopic (exact) mass is 347 g/mol. The lowest BCUT2D eigenvalue weighted by molar-refractivity contribution is -0.121. The molecule has 5 nitrogen and oxygen atoms in total. The van der Waals surface area contributed by atoms with Gasteiger partial charge in [-0.2, -0.15) is 23.5 Å². The van der Waals surface area contributed by atoms with E-state index in [9.17, 15) is 9.59 Å². The van der Waals surface area contributed by atoms with Gasteiger partial charge in [0.25, 0.3) is 0 Å². The smallest absolute Gasteiger partial charge is 0.229 e. The Morgan fingerprint density at radius 1 is 1.23 bits per heavy atom. The molecule has 2 N–H and O–H groups in total. The second-order valence-corrected chi connectivity index (χ2v) is 8.01. The fourth-order valence-electron chi connectivity index (χ4n) is 2.13. The Balaban J connectivity index is 1.91. The number of amides is 2. The van der Waals surface area contributed by atoms with Gasteiger partial charge in [-0.15, -0.1) is 0 Å². The van der Waals surface area contributed by atoms with E-state index >= 15 is 0 Å². The van der Waals surface area contributed by atoms with Crippen LogP contribution in [-0.2, 0) is 9.59 Å². The lowest BCUT2D eigenvalue weighted by atomic mass is 10.3. The minimum Gasteiger partial charge on any atom is -0.355 e. The predicted octanol–water partition coefficient (Wildman–Crippen LogP) is 1.19. The summed E-state index contributed by atoms with van der Waals surface area (Å²) < 4.78 is 0. The fourth-order valence-corrected chi connectivity index (χ4v) is 3.87. The van der Waals surface area contributed by atoms with Crippen LogP contribution in [0.5, 0.6) is 0 Å². The van der Waals surface area contributed by atoms with E-state index in [0.717, 1.165) is 19.5 Å². The minimum atomic E-state index is 0.0580. The zero-order chi connectivity index (χ0) is 16.2. The van der Waals surface area contributed by atoms with Crippen molar-refractivity contribution in [2.75, 3.05) is 49.2 Å². The van der Waals surface area contributed by atoms with E-state index in [1.807, 2.05) is 25.6 Å². The third-order valence-electron chi connectivity index (χ3n) is 3.23. The third kappa shape index (κ3) is 10.3. The largest absolute Gasteiger partial charge is 0.355 e. The predicted molar refractivity (Wildman–Crippen MR) is 96.6 cm³/mol. The first-order valence-electron chi connectivity index (χ1n) is 8.02. The van der Waals surface area contributed by atoms with E-state index in [1.54, 1.807) is 0 Å². The summed E-state index contributed by atoms with van der Waals surface area (Å²) in [6.07, 6.45) is 1.49. The summed E-state index contributed by atoms with van der Waals surface area (Å²) in [5.74, 6) is 3.72. The lowest BCUT2D eigenvalue weighted by Crippen LogP contribution is -2.35. The van der Waals surface area contributed by atoms with Crippen molar-refractivity contribution in [1.29, 1.82) is 0 Å². The molecule has 2 amide bonds. The van der Waals surface area contributed by atoms with E-state index in [-0.39, 0.29) is 17.9 Å². The average molecular weight is 348 g/mol. The minimum absolute atomic E-state index is 0.0580. The number of carbonyl (C=O) groups excluding carboxylic acids is 2. The van der Waals surface area contributed by atoms with Crippen LogP contribution in [0.2, 0.25) is 0 Å². The Morgan fingerprint density at radius 2 is 1.95 bits per heavy atom. The molecule has 0 bridgehead atoms. The molecule has 22 heavy (non-hydrogen) atoms. The van der Waals surface area contributed by atoms with Gasteiger partial charge in [0.2, 0.25) is 11.8 Å². The van der Waals surface area contributed by atoms with Gasteiger partial charge in [0.1, 0.15) is 0 Å². The summed E-state index contributed by atoms with van der Waals surface area (Å²) in [6.45, 7) is 8.06. The first kappa shape index (κ1) is 19.6. The van der Waals surface area contributed by atoms with Gasteiger partial charge in [-0.3, -0.25) is 9.59 Å². The summed E-state index contributed by atoms with van der Waals surface area (Å²) in [6, 6.07) is 0.180. The second kappa shape index (κ2) is 12.1. The summed E-state index contributed by atoms with van der Waals surface area (Å²) in [7, 11) is 0. The molecule has 0 aliphatic carbocycles. The van der Waals surface area contributed by atoms with Crippen molar-refractivity contribution in [1.82, 2.24) is 15.5 Å². The van der Waals surface area contributed by atoms with Crippen LogP contribution in [0.3, 0.4) is 0 Å². The van der Waals surface area contributed by atoms with Crippen LogP contribution < -0.4 is 10.6 Å². The summed E-state index contributed by atoms with van der Waals surface area (Å²) in [4.78, 5) is 25.6. The van der Waals surface area contributed by atoms with Crippen LogP contribution in [0, 0.1) is 0 Å². The molecule has 1 saturated heterocycles. The molecule has 1 fully saturated rings. The zero-order valence-corrected chi connectivity index (χ0v) is 15.4. The molecule has 0 atom stereocenters. The quantitative estimate of drug-likeness (QED) is 0.581. The molecule has 0 saturated carbocycles. The van der Waals surface area contributed by atoms with Gasteiger partial charge < -0.3 is 15.5 Å². The van der Waals surface area contributed by atoms with Crippen LogP contribution in [0.4, 0.5) is 0 Å². The van der Waals surface area contributed by atoms with Gasteiger partial charge in [0, 0.05) is 49.4 Å².